The van der Waals surface area contributed by atoms with Crippen LogP contribution in [0.5, 0.6) is 0 Å². The van der Waals surface area contributed by atoms with E-state index in [4.69, 9.17) is 5.26 Å². The zero-order chi connectivity index (χ0) is 13.9. The second-order valence-electron chi connectivity index (χ2n) is 4.45. The predicted octanol–water partition coefficient (Wildman–Crippen LogP) is 3.20. The van der Waals surface area contributed by atoms with Crippen molar-refractivity contribution in [3.63, 3.8) is 0 Å². The molecule has 0 radical (unpaired) electrons. The molecule has 0 aliphatic rings. The summed E-state index contributed by atoms with van der Waals surface area (Å²) in [4.78, 5) is 0. The van der Waals surface area contributed by atoms with E-state index in [0.29, 0.717) is 5.56 Å². The summed E-state index contributed by atoms with van der Waals surface area (Å²) in [7, 11) is 0. The molecule has 0 N–H and O–H groups in total. The highest BCUT2D eigenvalue weighted by molar-refractivity contribution is 7.98. The fourth-order valence-corrected chi connectivity index (χ4v) is 2.99. The molecule has 0 aliphatic carbocycles. The van der Waals surface area contributed by atoms with Crippen molar-refractivity contribution in [2.45, 2.75) is 17.8 Å². The van der Waals surface area contributed by atoms with Crippen molar-refractivity contribution < 1.29 is 0 Å². The van der Waals surface area contributed by atoms with Crippen LogP contribution in [0.25, 0.3) is 5.65 Å². The van der Waals surface area contributed by atoms with E-state index in [1.165, 1.54) is 5.56 Å². The number of thioether (sulfide) groups is 1. The van der Waals surface area contributed by atoms with Crippen LogP contribution in [0.3, 0.4) is 0 Å². The molecule has 98 valence electrons. The zero-order valence-electron chi connectivity index (χ0n) is 10.9. The Morgan fingerprint density at radius 3 is 2.95 bits per heavy atom. The number of fused-ring (bicyclic) bond motifs is 1. The largest absolute Gasteiger partial charge is 0.277 e. The number of rotatable bonds is 3. The van der Waals surface area contributed by atoms with Gasteiger partial charge in [0.2, 0.25) is 0 Å². The van der Waals surface area contributed by atoms with Crippen LogP contribution < -0.4 is 0 Å². The average Bonchev–Trinajstić information content (AvgIpc) is 2.89. The summed E-state index contributed by atoms with van der Waals surface area (Å²) < 4.78 is 1.98. The van der Waals surface area contributed by atoms with Crippen molar-refractivity contribution in [2.24, 2.45) is 0 Å². The lowest BCUT2D eigenvalue weighted by Gasteiger charge is -2.05. The fourth-order valence-electron chi connectivity index (χ4n) is 1.99. The number of aryl methyl sites for hydroxylation is 1. The van der Waals surface area contributed by atoms with Gasteiger partial charge >= 0.3 is 0 Å². The summed E-state index contributed by atoms with van der Waals surface area (Å²) in [5, 5.41) is 18.1. The number of aromatic nitrogens is 3. The second-order valence-corrected chi connectivity index (χ2v) is 5.40. The van der Waals surface area contributed by atoms with Gasteiger partial charge in [-0.25, -0.2) is 0 Å². The minimum atomic E-state index is 0.698. The third-order valence-corrected chi connectivity index (χ3v) is 4.10. The van der Waals surface area contributed by atoms with E-state index in [-0.39, 0.29) is 0 Å². The summed E-state index contributed by atoms with van der Waals surface area (Å²) in [5.74, 6) is 0.813. The van der Waals surface area contributed by atoms with Gasteiger partial charge in [0.15, 0.2) is 10.8 Å². The Balaban J connectivity index is 1.81. The van der Waals surface area contributed by atoms with E-state index in [9.17, 15) is 0 Å². The highest BCUT2D eigenvalue weighted by Crippen LogP contribution is 2.23. The van der Waals surface area contributed by atoms with Crippen LogP contribution >= 0.6 is 11.8 Å². The molecule has 3 aromatic rings. The highest BCUT2D eigenvalue weighted by atomic mass is 32.2. The van der Waals surface area contributed by atoms with Gasteiger partial charge in [0, 0.05) is 11.9 Å². The van der Waals surface area contributed by atoms with Crippen LogP contribution in [0.1, 0.15) is 16.7 Å². The van der Waals surface area contributed by atoms with Gasteiger partial charge in [-0.05, 0) is 42.3 Å². The Labute approximate surface area is 121 Å². The lowest BCUT2D eigenvalue weighted by molar-refractivity contribution is 0.921. The van der Waals surface area contributed by atoms with Gasteiger partial charge in [0.1, 0.15) is 0 Å². The van der Waals surface area contributed by atoms with Crippen molar-refractivity contribution in [1.29, 1.82) is 5.26 Å². The molecule has 0 bridgehead atoms. The standard InChI is InChI=1S/C15H12N4S/c1-11-8-12(9-16)5-6-13(11)10-20-15-18-17-14-4-2-3-7-19(14)15/h2-8H,10H2,1H3. The minimum Gasteiger partial charge on any atom is -0.277 e. The Kier molecular flexibility index (Phi) is 3.40. The summed E-state index contributed by atoms with van der Waals surface area (Å²) in [6.45, 7) is 2.03. The van der Waals surface area contributed by atoms with Crippen LogP contribution in [0.4, 0.5) is 0 Å². The third kappa shape index (κ3) is 2.38. The Hall–Kier alpha value is -2.32. The number of benzene rings is 1. The predicted molar refractivity (Wildman–Crippen MR) is 78.4 cm³/mol. The van der Waals surface area contributed by atoms with E-state index >= 15 is 0 Å². The highest BCUT2D eigenvalue weighted by Gasteiger charge is 2.07. The first-order chi connectivity index (χ1) is 9.78. The summed E-state index contributed by atoms with van der Waals surface area (Å²) in [5.41, 5.74) is 3.89. The second kappa shape index (κ2) is 5.35. The van der Waals surface area contributed by atoms with Gasteiger partial charge in [-0.2, -0.15) is 5.26 Å². The molecular weight excluding hydrogens is 268 g/mol. The zero-order valence-corrected chi connectivity index (χ0v) is 11.8. The van der Waals surface area contributed by atoms with Crippen molar-refractivity contribution >= 4 is 17.4 Å². The number of nitrogens with zero attached hydrogens (tertiary/aromatic N) is 4. The van der Waals surface area contributed by atoms with E-state index in [0.717, 1.165) is 22.1 Å². The lowest BCUT2D eigenvalue weighted by Crippen LogP contribution is -1.90. The van der Waals surface area contributed by atoms with Crippen LogP contribution in [0.15, 0.2) is 47.8 Å². The monoisotopic (exact) mass is 280 g/mol. The van der Waals surface area contributed by atoms with E-state index in [2.05, 4.69) is 16.3 Å². The van der Waals surface area contributed by atoms with Crippen molar-refractivity contribution in [3.05, 3.63) is 59.3 Å². The van der Waals surface area contributed by atoms with E-state index in [1.54, 1.807) is 11.8 Å². The van der Waals surface area contributed by atoms with Crippen LogP contribution in [-0.4, -0.2) is 14.6 Å². The van der Waals surface area contributed by atoms with Gasteiger partial charge in [-0.3, -0.25) is 4.40 Å². The number of nitriles is 1. The Morgan fingerprint density at radius 1 is 1.25 bits per heavy atom. The van der Waals surface area contributed by atoms with Gasteiger partial charge in [0.25, 0.3) is 0 Å². The van der Waals surface area contributed by atoms with Gasteiger partial charge < -0.3 is 0 Å². The number of pyridine rings is 1. The molecule has 0 spiro atoms. The number of hydrogen-bond donors (Lipinski definition) is 0. The molecule has 2 heterocycles. The maximum Gasteiger partial charge on any atom is 0.195 e. The molecule has 0 unspecified atom stereocenters. The Morgan fingerprint density at radius 2 is 2.15 bits per heavy atom. The summed E-state index contributed by atoms with van der Waals surface area (Å²) in [6.07, 6.45) is 1.96. The summed E-state index contributed by atoms with van der Waals surface area (Å²) in [6, 6.07) is 13.8. The lowest BCUT2D eigenvalue weighted by atomic mass is 10.1. The minimum absolute atomic E-state index is 0.698. The smallest absolute Gasteiger partial charge is 0.195 e. The normalized spacial score (nSPS) is 10.6. The van der Waals surface area contributed by atoms with Crippen molar-refractivity contribution in [1.82, 2.24) is 14.6 Å². The molecule has 0 saturated heterocycles. The van der Waals surface area contributed by atoms with Gasteiger partial charge in [-0.1, -0.05) is 23.9 Å². The maximum absolute atomic E-state index is 8.87. The molecule has 0 fully saturated rings. The molecule has 0 atom stereocenters. The molecule has 3 rings (SSSR count). The molecular formula is C15H12N4S. The third-order valence-electron chi connectivity index (χ3n) is 3.11. The molecule has 2 aromatic heterocycles. The average molecular weight is 280 g/mol. The molecule has 0 aliphatic heterocycles. The SMILES string of the molecule is Cc1cc(C#N)ccc1CSc1nnc2ccccn12. The fraction of sp³-hybridized carbons (Fsp3) is 0.133. The molecule has 0 saturated carbocycles. The van der Waals surface area contributed by atoms with Crippen LogP contribution in [0.2, 0.25) is 0 Å². The van der Waals surface area contributed by atoms with Crippen LogP contribution in [0, 0.1) is 18.3 Å². The molecule has 1 aromatic carbocycles. The molecule has 4 nitrogen and oxygen atoms in total. The Bertz CT molecular complexity index is 801. The topological polar surface area (TPSA) is 54.0 Å². The van der Waals surface area contributed by atoms with Crippen molar-refractivity contribution in [2.75, 3.05) is 0 Å². The first-order valence-corrected chi connectivity index (χ1v) is 7.18. The summed E-state index contributed by atoms with van der Waals surface area (Å²) >= 11 is 1.64. The van der Waals surface area contributed by atoms with E-state index < -0.39 is 0 Å². The van der Waals surface area contributed by atoms with Gasteiger partial charge in [-0.15, -0.1) is 10.2 Å². The maximum atomic E-state index is 8.87. The van der Waals surface area contributed by atoms with Crippen LogP contribution in [-0.2, 0) is 5.75 Å². The molecule has 20 heavy (non-hydrogen) atoms. The molecule has 5 heteroatoms. The quantitative estimate of drug-likeness (QED) is 0.691. The van der Waals surface area contributed by atoms with Crippen molar-refractivity contribution in [3.8, 4) is 6.07 Å². The molecule has 0 amide bonds. The van der Waals surface area contributed by atoms with Gasteiger partial charge in [0.05, 0.1) is 11.6 Å². The van der Waals surface area contributed by atoms with E-state index in [1.807, 2.05) is 53.9 Å². The number of hydrogen-bond acceptors (Lipinski definition) is 4. The first-order valence-electron chi connectivity index (χ1n) is 6.20. The first kappa shape index (κ1) is 12.7.